The molecule has 1 aliphatic rings. The van der Waals surface area contributed by atoms with Crippen LogP contribution in [0.15, 0.2) is 24.3 Å². The number of fused-ring (bicyclic) bond motifs is 1. The second-order valence-electron chi connectivity index (χ2n) is 4.99. The quantitative estimate of drug-likeness (QED) is 0.875. The van der Waals surface area contributed by atoms with Gasteiger partial charge >= 0.3 is 0 Å². The number of hydrogen-bond acceptors (Lipinski definition) is 4. The summed E-state index contributed by atoms with van der Waals surface area (Å²) in [5, 5.41) is 27.1. The van der Waals surface area contributed by atoms with Crippen molar-refractivity contribution < 1.29 is 10.2 Å². The molecule has 5 heteroatoms. The van der Waals surface area contributed by atoms with Crippen LogP contribution in [0.2, 0.25) is 0 Å². The summed E-state index contributed by atoms with van der Waals surface area (Å²) in [5.74, 6) is 2.23. The smallest absolute Gasteiger partial charge is 0.138 e. The number of phenols is 1. The predicted octanol–water partition coefficient (Wildman–Crippen LogP) is 1.44. The zero-order valence-electron chi connectivity index (χ0n) is 10.7. The van der Waals surface area contributed by atoms with E-state index in [-0.39, 0.29) is 18.3 Å². The minimum Gasteiger partial charge on any atom is -0.508 e. The molecule has 0 spiro atoms. The van der Waals surface area contributed by atoms with E-state index in [1.54, 1.807) is 12.1 Å². The van der Waals surface area contributed by atoms with E-state index in [4.69, 9.17) is 0 Å². The van der Waals surface area contributed by atoms with Crippen molar-refractivity contribution in [1.82, 2.24) is 14.8 Å². The van der Waals surface area contributed by atoms with Gasteiger partial charge in [-0.2, -0.15) is 0 Å². The first-order valence-corrected chi connectivity index (χ1v) is 6.58. The van der Waals surface area contributed by atoms with E-state index in [1.807, 2.05) is 12.1 Å². The standard InChI is InChI=1S/C14H17N3O2/c18-9-11-2-1-7-17-13(15-16-14(11)17)8-10-3-5-12(19)6-4-10/h3-6,11,18-19H,1-2,7-9H2. The van der Waals surface area contributed by atoms with Crippen LogP contribution in [0.3, 0.4) is 0 Å². The summed E-state index contributed by atoms with van der Waals surface area (Å²) in [6.45, 7) is 1.06. The van der Waals surface area contributed by atoms with Crippen molar-refractivity contribution in [1.29, 1.82) is 0 Å². The number of aromatic hydroxyl groups is 1. The van der Waals surface area contributed by atoms with E-state index in [2.05, 4.69) is 14.8 Å². The van der Waals surface area contributed by atoms with Gasteiger partial charge < -0.3 is 14.8 Å². The van der Waals surface area contributed by atoms with Crippen LogP contribution in [0.1, 0.15) is 36.0 Å². The summed E-state index contributed by atoms with van der Waals surface area (Å²) >= 11 is 0. The Morgan fingerprint density at radius 3 is 2.74 bits per heavy atom. The fourth-order valence-electron chi connectivity index (χ4n) is 2.62. The summed E-state index contributed by atoms with van der Waals surface area (Å²) in [7, 11) is 0. The van der Waals surface area contributed by atoms with Crippen LogP contribution in [0.4, 0.5) is 0 Å². The molecule has 0 bridgehead atoms. The highest BCUT2D eigenvalue weighted by molar-refractivity contribution is 5.28. The molecule has 0 radical (unpaired) electrons. The van der Waals surface area contributed by atoms with Crippen LogP contribution in [0.5, 0.6) is 5.75 Å². The third-order valence-corrected chi connectivity index (χ3v) is 3.67. The topological polar surface area (TPSA) is 71.2 Å². The van der Waals surface area contributed by atoms with E-state index in [0.29, 0.717) is 6.42 Å². The lowest BCUT2D eigenvalue weighted by atomic mass is 10.00. The van der Waals surface area contributed by atoms with Crippen molar-refractivity contribution in [3.8, 4) is 5.75 Å². The highest BCUT2D eigenvalue weighted by Gasteiger charge is 2.24. The monoisotopic (exact) mass is 259 g/mol. The van der Waals surface area contributed by atoms with E-state index in [1.165, 1.54) is 0 Å². The van der Waals surface area contributed by atoms with Crippen LogP contribution in [0.25, 0.3) is 0 Å². The Kier molecular flexibility index (Phi) is 3.21. The Bertz CT molecular complexity index is 563. The summed E-state index contributed by atoms with van der Waals surface area (Å²) in [4.78, 5) is 0. The Balaban J connectivity index is 1.86. The number of phenolic OH excluding ortho intramolecular Hbond substituents is 1. The molecule has 0 amide bonds. The zero-order chi connectivity index (χ0) is 13.2. The van der Waals surface area contributed by atoms with Crippen molar-refractivity contribution in [2.45, 2.75) is 31.7 Å². The van der Waals surface area contributed by atoms with Gasteiger partial charge in [0.2, 0.25) is 0 Å². The van der Waals surface area contributed by atoms with Gasteiger partial charge in [0, 0.05) is 18.9 Å². The first-order chi connectivity index (χ1) is 9.28. The summed E-state index contributed by atoms with van der Waals surface area (Å²) in [6, 6.07) is 7.14. The van der Waals surface area contributed by atoms with E-state index < -0.39 is 0 Å². The number of aliphatic hydroxyl groups is 1. The maximum Gasteiger partial charge on any atom is 0.138 e. The number of nitrogens with zero attached hydrogens (tertiary/aromatic N) is 3. The molecule has 0 saturated heterocycles. The minimum absolute atomic E-state index is 0.120. The lowest BCUT2D eigenvalue weighted by Gasteiger charge is -2.21. The van der Waals surface area contributed by atoms with Crippen molar-refractivity contribution >= 4 is 0 Å². The second-order valence-corrected chi connectivity index (χ2v) is 4.99. The molecule has 2 aromatic rings. The van der Waals surface area contributed by atoms with Gasteiger partial charge in [-0.05, 0) is 30.5 Å². The van der Waals surface area contributed by atoms with E-state index in [9.17, 15) is 10.2 Å². The van der Waals surface area contributed by atoms with Crippen LogP contribution in [0, 0.1) is 0 Å². The third-order valence-electron chi connectivity index (χ3n) is 3.67. The average Bonchev–Trinajstić information content (AvgIpc) is 2.84. The molecule has 5 nitrogen and oxygen atoms in total. The summed E-state index contributed by atoms with van der Waals surface area (Å²) in [5.41, 5.74) is 1.10. The van der Waals surface area contributed by atoms with Crippen molar-refractivity contribution in [3.63, 3.8) is 0 Å². The molecule has 3 rings (SSSR count). The molecular weight excluding hydrogens is 242 g/mol. The maximum atomic E-state index is 9.36. The Morgan fingerprint density at radius 2 is 2.00 bits per heavy atom. The average molecular weight is 259 g/mol. The van der Waals surface area contributed by atoms with Gasteiger partial charge in [0.15, 0.2) is 0 Å². The molecule has 1 atom stereocenters. The lowest BCUT2D eigenvalue weighted by Crippen LogP contribution is -2.20. The Morgan fingerprint density at radius 1 is 1.21 bits per heavy atom. The number of benzene rings is 1. The van der Waals surface area contributed by atoms with E-state index in [0.717, 1.165) is 36.6 Å². The predicted molar refractivity (Wildman–Crippen MR) is 70.0 cm³/mol. The SMILES string of the molecule is OCC1CCCn2c(Cc3ccc(O)cc3)nnc21. The Hall–Kier alpha value is -1.88. The molecule has 0 saturated carbocycles. The molecule has 1 aromatic heterocycles. The molecule has 0 aliphatic carbocycles. The van der Waals surface area contributed by atoms with Crippen LogP contribution >= 0.6 is 0 Å². The molecule has 100 valence electrons. The number of hydrogen-bond donors (Lipinski definition) is 2. The molecule has 1 unspecified atom stereocenters. The van der Waals surface area contributed by atoms with Crippen LogP contribution in [-0.2, 0) is 13.0 Å². The number of aromatic nitrogens is 3. The summed E-state index contributed by atoms with van der Waals surface area (Å²) in [6.07, 6.45) is 2.73. The first kappa shape index (κ1) is 12.2. The van der Waals surface area contributed by atoms with Gasteiger partial charge in [-0.25, -0.2) is 0 Å². The van der Waals surface area contributed by atoms with Crippen LogP contribution in [-0.4, -0.2) is 31.6 Å². The summed E-state index contributed by atoms with van der Waals surface area (Å²) < 4.78 is 2.12. The fraction of sp³-hybridized carbons (Fsp3) is 0.429. The third kappa shape index (κ3) is 2.33. The molecule has 1 aromatic carbocycles. The van der Waals surface area contributed by atoms with Gasteiger partial charge in [-0.15, -0.1) is 10.2 Å². The number of rotatable bonds is 3. The Labute approximate surface area is 111 Å². The molecule has 2 heterocycles. The van der Waals surface area contributed by atoms with Gasteiger partial charge in [-0.3, -0.25) is 0 Å². The van der Waals surface area contributed by atoms with Crippen LogP contribution < -0.4 is 0 Å². The fourth-order valence-corrected chi connectivity index (χ4v) is 2.62. The van der Waals surface area contributed by atoms with E-state index >= 15 is 0 Å². The normalized spacial score (nSPS) is 18.3. The molecule has 2 N–H and O–H groups in total. The van der Waals surface area contributed by atoms with Gasteiger partial charge in [-0.1, -0.05) is 12.1 Å². The maximum absolute atomic E-state index is 9.36. The highest BCUT2D eigenvalue weighted by Crippen LogP contribution is 2.26. The van der Waals surface area contributed by atoms with Crippen molar-refractivity contribution in [2.75, 3.05) is 6.61 Å². The highest BCUT2D eigenvalue weighted by atomic mass is 16.3. The molecule has 19 heavy (non-hydrogen) atoms. The molecule has 0 fully saturated rings. The molecular formula is C14H17N3O2. The largest absolute Gasteiger partial charge is 0.508 e. The minimum atomic E-state index is 0.120. The van der Waals surface area contributed by atoms with Gasteiger partial charge in [0.25, 0.3) is 0 Å². The second kappa shape index (κ2) is 5.01. The van der Waals surface area contributed by atoms with Crippen molar-refractivity contribution in [3.05, 3.63) is 41.5 Å². The number of aliphatic hydroxyl groups excluding tert-OH is 1. The van der Waals surface area contributed by atoms with Gasteiger partial charge in [0.1, 0.15) is 17.4 Å². The lowest BCUT2D eigenvalue weighted by molar-refractivity contribution is 0.237. The van der Waals surface area contributed by atoms with Crippen molar-refractivity contribution in [2.24, 2.45) is 0 Å². The van der Waals surface area contributed by atoms with Gasteiger partial charge in [0.05, 0.1) is 6.61 Å². The molecule has 1 aliphatic heterocycles. The zero-order valence-corrected chi connectivity index (χ0v) is 10.7. The first-order valence-electron chi connectivity index (χ1n) is 6.58.